The quantitative estimate of drug-likeness (QED) is 0.612. The van der Waals surface area contributed by atoms with Crippen molar-refractivity contribution in [3.8, 4) is 0 Å². The second-order valence-corrected chi connectivity index (χ2v) is 10.7. The number of likely N-dealkylation sites (tertiary alicyclic amines) is 1. The first-order valence-corrected chi connectivity index (χ1v) is 13.1. The smallest absolute Gasteiger partial charge is 0.232 e. The van der Waals surface area contributed by atoms with Crippen LogP contribution in [0.3, 0.4) is 0 Å². The topological polar surface area (TPSA) is 43.9 Å². The van der Waals surface area contributed by atoms with Crippen molar-refractivity contribution in [1.82, 2.24) is 14.7 Å². The third kappa shape index (κ3) is 5.28. The summed E-state index contributed by atoms with van der Waals surface area (Å²) in [6.45, 7) is 6.11. The average molecular weight is 464 g/mol. The molecule has 5 nitrogen and oxygen atoms in total. The fourth-order valence-corrected chi connectivity index (χ4v) is 6.21. The van der Waals surface area contributed by atoms with Gasteiger partial charge in [-0.2, -0.15) is 0 Å². The lowest BCUT2D eigenvalue weighted by Gasteiger charge is -2.36. The molecule has 6 heteroatoms. The van der Waals surface area contributed by atoms with Gasteiger partial charge in [-0.3, -0.25) is 14.5 Å². The Morgan fingerprint density at radius 2 is 1.45 bits per heavy atom. The van der Waals surface area contributed by atoms with Crippen LogP contribution in [0.2, 0.25) is 0 Å². The second kappa shape index (κ2) is 9.90. The van der Waals surface area contributed by atoms with Crippen molar-refractivity contribution in [3.63, 3.8) is 0 Å². The molecule has 0 bridgehead atoms. The number of hydrogen-bond acceptors (Lipinski definition) is 4. The van der Waals surface area contributed by atoms with Crippen LogP contribution in [0.25, 0.3) is 0 Å². The largest absolute Gasteiger partial charge is 0.342 e. The summed E-state index contributed by atoms with van der Waals surface area (Å²) in [5.74, 6) is 1.24. The summed E-state index contributed by atoms with van der Waals surface area (Å²) in [7, 11) is 0. The van der Waals surface area contributed by atoms with Crippen molar-refractivity contribution < 1.29 is 9.59 Å². The first kappa shape index (κ1) is 22.5. The minimum absolute atomic E-state index is 0.154. The molecule has 0 unspecified atom stereocenters. The van der Waals surface area contributed by atoms with Gasteiger partial charge in [0.15, 0.2) is 0 Å². The van der Waals surface area contributed by atoms with Gasteiger partial charge in [0.2, 0.25) is 11.8 Å². The van der Waals surface area contributed by atoms with Crippen LogP contribution in [0.15, 0.2) is 65.6 Å². The number of piperidine rings is 1. The summed E-state index contributed by atoms with van der Waals surface area (Å²) >= 11 is 1.61. The van der Waals surface area contributed by atoms with Gasteiger partial charge < -0.3 is 9.80 Å². The van der Waals surface area contributed by atoms with Gasteiger partial charge >= 0.3 is 0 Å². The molecule has 2 saturated heterocycles. The lowest BCUT2D eigenvalue weighted by Crippen LogP contribution is -2.49. The fraction of sp³-hybridized carbons (Fsp3) is 0.481. The van der Waals surface area contributed by atoms with Gasteiger partial charge in [-0.25, -0.2) is 0 Å². The Morgan fingerprint density at radius 1 is 0.818 bits per heavy atom. The van der Waals surface area contributed by atoms with E-state index < -0.39 is 0 Å². The summed E-state index contributed by atoms with van der Waals surface area (Å²) in [6, 6.07) is 20.7. The van der Waals surface area contributed by atoms with E-state index in [1.54, 1.807) is 11.8 Å². The van der Waals surface area contributed by atoms with E-state index >= 15 is 0 Å². The highest BCUT2D eigenvalue weighted by Crippen LogP contribution is 2.60. The molecule has 1 aliphatic carbocycles. The molecule has 1 spiro atoms. The van der Waals surface area contributed by atoms with Crippen LogP contribution in [0.5, 0.6) is 0 Å². The normalized spacial score (nSPS) is 22.4. The Labute approximate surface area is 201 Å². The number of carbonyl (C=O) groups excluding carboxylic acids is 2. The summed E-state index contributed by atoms with van der Waals surface area (Å²) in [5, 5.41) is 0. The number of rotatable bonds is 6. The molecule has 0 aromatic heterocycles. The maximum Gasteiger partial charge on any atom is 0.232 e. The van der Waals surface area contributed by atoms with E-state index in [1.807, 2.05) is 35.2 Å². The van der Waals surface area contributed by atoms with E-state index in [0.717, 1.165) is 70.0 Å². The first-order chi connectivity index (χ1) is 16.1. The van der Waals surface area contributed by atoms with Crippen molar-refractivity contribution in [3.05, 3.63) is 66.2 Å². The van der Waals surface area contributed by atoms with Crippen molar-refractivity contribution in [1.29, 1.82) is 0 Å². The summed E-state index contributed by atoms with van der Waals surface area (Å²) in [4.78, 5) is 33.5. The van der Waals surface area contributed by atoms with E-state index in [0.29, 0.717) is 11.7 Å². The minimum Gasteiger partial charge on any atom is -0.342 e. The van der Waals surface area contributed by atoms with E-state index in [-0.39, 0.29) is 17.2 Å². The summed E-state index contributed by atoms with van der Waals surface area (Å²) in [5.41, 5.74) is 1.49. The average Bonchev–Trinajstić information content (AvgIpc) is 3.57. The van der Waals surface area contributed by atoms with Crippen molar-refractivity contribution in [2.75, 3.05) is 45.0 Å². The molecule has 1 saturated carbocycles. The second-order valence-electron chi connectivity index (χ2n) is 9.69. The molecule has 174 valence electrons. The maximum atomic E-state index is 13.2. The molecule has 3 fully saturated rings. The van der Waals surface area contributed by atoms with Crippen LogP contribution >= 0.6 is 11.8 Å². The van der Waals surface area contributed by atoms with Gasteiger partial charge in [-0.1, -0.05) is 48.5 Å². The van der Waals surface area contributed by atoms with Crippen LogP contribution in [0.1, 0.15) is 24.8 Å². The molecule has 2 heterocycles. The van der Waals surface area contributed by atoms with E-state index in [1.165, 1.54) is 5.56 Å². The van der Waals surface area contributed by atoms with Gasteiger partial charge in [-0.05, 0) is 42.4 Å². The zero-order chi connectivity index (χ0) is 22.7. The van der Waals surface area contributed by atoms with Crippen molar-refractivity contribution in [2.45, 2.75) is 30.7 Å². The van der Waals surface area contributed by atoms with Crippen LogP contribution < -0.4 is 0 Å². The van der Waals surface area contributed by atoms with Crippen molar-refractivity contribution in [2.24, 2.45) is 11.3 Å². The monoisotopic (exact) mass is 463 g/mol. The zero-order valence-electron chi connectivity index (χ0n) is 19.2. The lowest BCUT2D eigenvalue weighted by atomic mass is 9.90. The standard InChI is InChI=1S/C27H33N3O2S/c31-25(21-33-23-9-5-2-6-10-23)29-13-11-27(12-14-29)19-24(27)26(32)30-17-15-28(16-18-30)20-22-7-3-1-4-8-22/h1-10,24H,11-21H2/t24-/m0/s1. The Balaban J connectivity index is 1.05. The number of carbonyl (C=O) groups is 2. The van der Waals surface area contributed by atoms with Crippen molar-refractivity contribution >= 4 is 23.6 Å². The van der Waals surface area contributed by atoms with Crippen LogP contribution in [-0.2, 0) is 16.1 Å². The molecule has 33 heavy (non-hydrogen) atoms. The molecule has 2 aliphatic heterocycles. The van der Waals surface area contributed by atoms with Crippen LogP contribution in [-0.4, -0.2) is 71.5 Å². The highest BCUT2D eigenvalue weighted by Gasteiger charge is 2.59. The van der Waals surface area contributed by atoms with E-state index in [2.05, 4.69) is 40.1 Å². The van der Waals surface area contributed by atoms with E-state index in [9.17, 15) is 9.59 Å². The molecule has 5 rings (SSSR count). The maximum absolute atomic E-state index is 13.2. The van der Waals surface area contributed by atoms with Crippen LogP contribution in [0.4, 0.5) is 0 Å². The third-order valence-electron chi connectivity index (χ3n) is 7.64. The highest BCUT2D eigenvalue weighted by atomic mass is 32.2. The zero-order valence-corrected chi connectivity index (χ0v) is 20.0. The number of amides is 2. The molecule has 0 N–H and O–H groups in total. The number of thioether (sulfide) groups is 1. The van der Waals surface area contributed by atoms with Gasteiger partial charge in [-0.15, -0.1) is 11.8 Å². The molecule has 1 atom stereocenters. The Kier molecular flexibility index (Phi) is 6.74. The number of nitrogens with zero attached hydrogens (tertiary/aromatic N) is 3. The highest BCUT2D eigenvalue weighted by molar-refractivity contribution is 8.00. The third-order valence-corrected chi connectivity index (χ3v) is 8.64. The number of piperazine rings is 1. The molecular formula is C27H33N3O2S. The fourth-order valence-electron chi connectivity index (χ4n) is 5.39. The number of benzene rings is 2. The summed E-state index contributed by atoms with van der Waals surface area (Å²) in [6.07, 6.45) is 2.95. The Bertz CT molecular complexity index is 952. The molecule has 0 radical (unpaired) electrons. The van der Waals surface area contributed by atoms with Crippen LogP contribution in [0, 0.1) is 11.3 Å². The SMILES string of the molecule is O=C(CSc1ccccc1)N1CCC2(CC1)C[C@H]2C(=O)N1CCN(Cc2ccccc2)CC1. The lowest BCUT2D eigenvalue weighted by molar-refractivity contribution is -0.135. The predicted octanol–water partition coefficient (Wildman–Crippen LogP) is 3.75. The van der Waals surface area contributed by atoms with Gasteiger partial charge in [0, 0.05) is 56.6 Å². The minimum atomic E-state index is 0.154. The number of hydrogen-bond donors (Lipinski definition) is 0. The molecule has 2 aromatic rings. The molecular weight excluding hydrogens is 430 g/mol. The van der Waals surface area contributed by atoms with Gasteiger partial charge in [0.25, 0.3) is 0 Å². The predicted molar refractivity (Wildman–Crippen MR) is 132 cm³/mol. The Hall–Kier alpha value is -2.31. The first-order valence-electron chi connectivity index (χ1n) is 12.1. The molecule has 2 amide bonds. The summed E-state index contributed by atoms with van der Waals surface area (Å²) < 4.78 is 0. The van der Waals surface area contributed by atoms with E-state index in [4.69, 9.17) is 0 Å². The molecule has 3 aliphatic rings. The molecule has 2 aromatic carbocycles. The Morgan fingerprint density at radius 3 is 2.12 bits per heavy atom. The van der Waals surface area contributed by atoms with Gasteiger partial charge in [0.1, 0.15) is 0 Å². The van der Waals surface area contributed by atoms with Gasteiger partial charge in [0.05, 0.1) is 5.75 Å².